The summed E-state index contributed by atoms with van der Waals surface area (Å²) >= 11 is 0. The third kappa shape index (κ3) is 1.54. The Morgan fingerprint density at radius 3 is 2.61 bits per heavy atom. The maximum atomic E-state index is 12.1. The van der Waals surface area contributed by atoms with Crippen LogP contribution in [0.25, 0.3) is 0 Å². The Balaban J connectivity index is 2.01. The van der Waals surface area contributed by atoms with E-state index >= 15 is 0 Å². The Bertz CT molecular complexity index is 533. The maximum absolute atomic E-state index is 12.1. The highest BCUT2D eigenvalue weighted by molar-refractivity contribution is 6.07. The molecule has 1 amide bonds. The monoisotopic (exact) mass is 246 g/mol. The molecule has 0 aromatic heterocycles. The predicted molar refractivity (Wildman–Crippen MR) is 66.9 cm³/mol. The molecular formula is C13H14N2O3. The fraction of sp³-hybridized carbons (Fsp3) is 0.385. The number of fused-ring (bicyclic) bond motifs is 1. The van der Waals surface area contributed by atoms with Crippen molar-refractivity contribution in [2.24, 2.45) is 0 Å². The first-order valence-electron chi connectivity index (χ1n) is 6.08. The van der Waals surface area contributed by atoms with E-state index in [2.05, 4.69) is 10.6 Å². The minimum atomic E-state index is -0.961. The molecule has 1 aliphatic carbocycles. The molecule has 2 aliphatic rings. The molecule has 3 rings (SSSR count). The number of benzene rings is 1. The van der Waals surface area contributed by atoms with E-state index in [1.54, 1.807) is 12.1 Å². The molecule has 0 unspecified atom stereocenters. The van der Waals surface area contributed by atoms with Crippen LogP contribution in [0, 0.1) is 0 Å². The van der Waals surface area contributed by atoms with Gasteiger partial charge in [-0.25, -0.2) is 4.79 Å². The third-order valence-corrected chi connectivity index (χ3v) is 3.78. The average Bonchev–Trinajstić information content (AvgIpc) is 2.79. The summed E-state index contributed by atoms with van der Waals surface area (Å²) < 4.78 is 0. The Morgan fingerprint density at radius 1 is 1.22 bits per heavy atom. The molecule has 1 heterocycles. The van der Waals surface area contributed by atoms with Crippen LogP contribution in [0.3, 0.4) is 0 Å². The molecule has 5 heteroatoms. The van der Waals surface area contributed by atoms with E-state index in [9.17, 15) is 9.59 Å². The van der Waals surface area contributed by atoms with Gasteiger partial charge in [-0.2, -0.15) is 0 Å². The molecule has 18 heavy (non-hydrogen) atoms. The van der Waals surface area contributed by atoms with Gasteiger partial charge in [0.05, 0.1) is 16.9 Å². The maximum Gasteiger partial charge on any atom is 0.335 e. The van der Waals surface area contributed by atoms with Gasteiger partial charge >= 0.3 is 5.97 Å². The summed E-state index contributed by atoms with van der Waals surface area (Å²) in [5.41, 5.74) is 1.05. The fourth-order valence-electron chi connectivity index (χ4n) is 2.78. The topological polar surface area (TPSA) is 78.4 Å². The van der Waals surface area contributed by atoms with Gasteiger partial charge in [0, 0.05) is 0 Å². The lowest BCUT2D eigenvalue weighted by Crippen LogP contribution is -2.50. The van der Waals surface area contributed by atoms with E-state index in [1.807, 2.05) is 0 Å². The van der Waals surface area contributed by atoms with Crippen molar-refractivity contribution in [3.63, 3.8) is 0 Å². The van der Waals surface area contributed by atoms with Crippen LogP contribution in [-0.4, -0.2) is 22.5 Å². The zero-order chi connectivity index (χ0) is 12.8. The van der Waals surface area contributed by atoms with Crippen molar-refractivity contribution in [3.8, 4) is 0 Å². The van der Waals surface area contributed by atoms with Crippen molar-refractivity contribution < 1.29 is 14.7 Å². The quantitative estimate of drug-likeness (QED) is 0.708. The summed E-state index contributed by atoms with van der Waals surface area (Å²) in [6.45, 7) is 0. The van der Waals surface area contributed by atoms with E-state index in [0.29, 0.717) is 11.4 Å². The minimum absolute atomic E-state index is 0.00410. The van der Waals surface area contributed by atoms with E-state index in [0.717, 1.165) is 25.7 Å². The first-order valence-corrected chi connectivity index (χ1v) is 6.08. The summed E-state index contributed by atoms with van der Waals surface area (Å²) in [6.07, 6.45) is 3.65. The van der Waals surface area contributed by atoms with E-state index < -0.39 is 11.5 Å². The second-order valence-electron chi connectivity index (χ2n) is 4.93. The molecule has 0 bridgehead atoms. The van der Waals surface area contributed by atoms with Crippen molar-refractivity contribution in [2.75, 3.05) is 10.6 Å². The number of rotatable bonds is 1. The van der Waals surface area contributed by atoms with Crippen LogP contribution >= 0.6 is 0 Å². The van der Waals surface area contributed by atoms with Gasteiger partial charge in [0.2, 0.25) is 5.91 Å². The number of anilines is 2. The molecule has 0 radical (unpaired) electrons. The number of nitrogens with one attached hydrogen (secondary N) is 2. The Kier molecular flexibility index (Phi) is 2.29. The van der Waals surface area contributed by atoms with Crippen LogP contribution in [0.15, 0.2) is 18.2 Å². The molecular weight excluding hydrogens is 232 g/mol. The first-order chi connectivity index (χ1) is 8.61. The molecule has 0 atom stereocenters. The molecule has 3 N–H and O–H groups in total. The Hall–Kier alpha value is -2.04. The second kappa shape index (κ2) is 3.73. The lowest BCUT2D eigenvalue weighted by atomic mass is 9.92. The van der Waals surface area contributed by atoms with Crippen LogP contribution in [0.1, 0.15) is 36.0 Å². The number of hydrogen-bond donors (Lipinski definition) is 3. The van der Waals surface area contributed by atoms with Crippen LogP contribution in [0.2, 0.25) is 0 Å². The molecule has 1 aromatic rings. The molecule has 1 aliphatic heterocycles. The highest BCUT2D eigenvalue weighted by Gasteiger charge is 2.44. The van der Waals surface area contributed by atoms with Crippen molar-refractivity contribution in [1.29, 1.82) is 0 Å². The number of hydrogen-bond acceptors (Lipinski definition) is 3. The molecule has 1 aromatic carbocycles. The second-order valence-corrected chi connectivity index (χ2v) is 4.93. The van der Waals surface area contributed by atoms with Crippen LogP contribution in [0.5, 0.6) is 0 Å². The van der Waals surface area contributed by atoms with Crippen LogP contribution < -0.4 is 10.6 Å². The molecule has 0 saturated heterocycles. The fourth-order valence-corrected chi connectivity index (χ4v) is 2.78. The van der Waals surface area contributed by atoms with E-state index in [1.165, 1.54) is 6.07 Å². The molecule has 1 spiro atoms. The van der Waals surface area contributed by atoms with Gasteiger partial charge in [0.15, 0.2) is 0 Å². The normalized spacial score (nSPS) is 20.1. The van der Waals surface area contributed by atoms with Gasteiger partial charge in [-0.05, 0) is 31.0 Å². The number of carboxylic acids is 1. The highest BCUT2D eigenvalue weighted by Crippen LogP contribution is 2.40. The van der Waals surface area contributed by atoms with Crippen molar-refractivity contribution in [3.05, 3.63) is 23.8 Å². The van der Waals surface area contributed by atoms with Crippen molar-refractivity contribution in [1.82, 2.24) is 0 Å². The largest absolute Gasteiger partial charge is 0.478 e. The van der Waals surface area contributed by atoms with Crippen LogP contribution in [-0.2, 0) is 4.79 Å². The number of carbonyl (C=O) groups excluding carboxylic acids is 1. The standard InChI is InChI=1S/C13H14N2O3/c16-11(17)8-3-4-9-10(7-8)15-13(12(18)14-9)5-1-2-6-13/h3-4,7,15H,1-2,5-6H2,(H,14,18)(H,16,17). The van der Waals surface area contributed by atoms with Crippen molar-refractivity contribution >= 4 is 23.3 Å². The van der Waals surface area contributed by atoms with Gasteiger partial charge < -0.3 is 15.7 Å². The number of carbonyl (C=O) groups is 2. The summed E-state index contributed by atoms with van der Waals surface area (Å²) in [6, 6.07) is 4.71. The molecule has 1 fully saturated rings. The van der Waals surface area contributed by atoms with Gasteiger partial charge in [-0.3, -0.25) is 4.79 Å². The SMILES string of the molecule is O=C(O)c1ccc2c(c1)NC1(CCCC1)C(=O)N2. The summed E-state index contributed by atoms with van der Waals surface area (Å²) in [5.74, 6) is -0.965. The van der Waals surface area contributed by atoms with Crippen LogP contribution in [0.4, 0.5) is 11.4 Å². The first kappa shape index (κ1) is 11.1. The third-order valence-electron chi connectivity index (χ3n) is 3.78. The smallest absolute Gasteiger partial charge is 0.335 e. The van der Waals surface area contributed by atoms with Gasteiger partial charge in [-0.15, -0.1) is 0 Å². The summed E-state index contributed by atoms with van der Waals surface area (Å²) in [5, 5.41) is 15.1. The zero-order valence-corrected chi connectivity index (χ0v) is 9.82. The minimum Gasteiger partial charge on any atom is -0.478 e. The lowest BCUT2D eigenvalue weighted by Gasteiger charge is -2.35. The lowest BCUT2D eigenvalue weighted by molar-refractivity contribution is -0.120. The molecule has 1 saturated carbocycles. The van der Waals surface area contributed by atoms with Gasteiger partial charge in [-0.1, -0.05) is 12.8 Å². The molecule has 5 nitrogen and oxygen atoms in total. The number of amides is 1. The Labute approximate surface area is 104 Å². The van der Waals surface area contributed by atoms with Gasteiger partial charge in [0.1, 0.15) is 5.54 Å². The van der Waals surface area contributed by atoms with E-state index in [-0.39, 0.29) is 11.5 Å². The summed E-state index contributed by atoms with van der Waals surface area (Å²) in [4.78, 5) is 23.1. The molecule has 94 valence electrons. The van der Waals surface area contributed by atoms with E-state index in [4.69, 9.17) is 5.11 Å². The highest BCUT2D eigenvalue weighted by atomic mass is 16.4. The average molecular weight is 246 g/mol. The number of aromatic carboxylic acids is 1. The number of carboxylic acid groups (broad SMARTS) is 1. The van der Waals surface area contributed by atoms with Crippen molar-refractivity contribution in [2.45, 2.75) is 31.2 Å². The predicted octanol–water partition coefficient (Wildman–Crippen LogP) is 2.06. The zero-order valence-electron chi connectivity index (χ0n) is 9.82. The summed E-state index contributed by atoms with van der Waals surface area (Å²) in [7, 11) is 0. The van der Waals surface area contributed by atoms with Gasteiger partial charge in [0.25, 0.3) is 0 Å². The Morgan fingerprint density at radius 2 is 1.94 bits per heavy atom.